The molecule has 0 radical (unpaired) electrons. The molecular weight excluding hydrogens is 423 g/mol. The summed E-state index contributed by atoms with van der Waals surface area (Å²) < 4.78 is 2.85. The van der Waals surface area contributed by atoms with Crippen molar-refractivity contribution < 1.29 is 0 Å². The second-order valence-electron chi connectivity index (χ2n) is 7.48. The van der Waals surface area contributed by atoms with Crippen molar-refractivity contribution in [3.05, 3.63) is 74.4 Å². The summed E-state index contributed by atoms with van der Waals surface area (Å²) in [6.45, 7) is 5.21. The Hall–Kier alpha value is -2.28. The molecule has 0 unspecified atom stereocenters. The Morgan fingerprint density at radius 1 is 0.933 bits per heavy atom. The molecule has 0 spiro atoms. The maximum absolute atomic E-state index is 12.8. The normalized spacial score (nSPS) is 14.7. The molecular formula is C22H26Cl2N4O2. The number of anilines is 1. The fraction of sp³-hybridized carbons (Fsp3) is 0.364. The zero-order valence-electron chi connectivity index (χ0n) is 17.0. The van der Waals surface area contributed by atoms with Gasteiger partial charge in [-0.1, -0.05) is 29.8 Å². The lowest BCUT2D eigenvalue weighted by molar-refractivity contribution is 0.249. The highest BCUT2D eigenvalue weighted by Crippen LogP contribution is 2.16. The third-order valence-corrected chi connectivity index (χ3v) is 5.90. The fourth-order valence-electron chi connectivity index (χ4n) is 4.01. The van der Waals surface area contributed by atoms with Crippen LogP contribution in [0.4, 0.5) is 5.69 Å². The Labute approximate surface area is 186 Å². The van der Waals surface area contributed by atoms with Gasteiger partial charge in [-0.05, 0) is 43.3 Å². The predicted molar refractivity (Wildman–Crippen MR) is 125 cm³/mol. The van der Waals surface area contributed by atoms with Crippen molar-refractivity contribution >= 4 is 40.6 Å². The molecule has 0 aliphatic carbocycles. The number of nitrogens with zero attached hydrogens (tertiary/aromatic N) is 4. The maximum Gasteiger partial charge on any atom is 0.331 e. The molecule has 2 aromatic carbocycles. The third-order valence-electron chi connectivity index (χ3n) is 5.66. The van der Waals surface area contributed by atoms with Crippen LogP contribution in [0.5, 0.6) is 0 Å². The van der Waals surface area contributed by atoms with E-state index < -0.39 is 0 Å². The number of aromatic nitrogens is 2. The number of aryl methyl sites for hydroxylation is 1. The summed E-state index contributed by atoms with van der Waals surface area (Å²) in [6, 6.07) is 15.5. The molecule has 4 rings (SSSR count). The number of para-hydroxylation sites is 1. The highest BCUT2D eigenvalue weighted by Gasteiger charge is 2.17. The molecule has 1 aromatic heterocycles. The van der Waals surface area contributed by atoms with Crippen LogP contribution in [0.25, 0.3) is 10.9 Å². The van der Waals surface area contributed by atoms with Crippen molar-refractivity contribution in [3.8, 4) is 0 Å². The van der Waals surface area contributed by atoms with Gasteiger partial charge in [0.25, 0.3) is 5.56 Å². The Bertz CT molecular complexity index is 1120. The standard InChI is InChI=1S/C22H25ClN4O2.ClH/c1-24-20-9-8-17(23)16-19(20)21(28)27(22(24)29)11-5-10-25-12-14-26(15-13-25)18-6-3-2-4-7-18;/h2-4,6-9,16H,5,10-15H2,1H3;1H. The zero-order valence-corrected chi connectivity index (χ0v) is 18.5. The van der Waals surface area contributed by atoms with Gasteiger partial charge in [-0.25, -0.2) is 4.79 Å². The minimum absolute atomic E-state index is 0. The van der Waals surface area contributed by atoms with Gasteiger partial charge in [-0.15, -0.1) is 12.4 Å². The second-order valence-corrected chi connectivity index (χ2v) is 7.91. The number of fused-ring (bicyclic) bond motifs is 1. The van der Waals surface area contributed by atoms with Gasteiger partial charge in [0, 0.05) is 50.5 Å². The van der Waals surface area contributed by atoms with E-state index in [1.807, 2.05) is 6.07 Å². The average Bonchev–Trinajstić information content (AvgIpc) is 2.75. The lowest BCUT2D eigenvalue weighted by Gasteiger charge is -2.36. The molecule has 1 saturated heterocycles. The van der Waals surface area contributed by atoms with Crippen LogP contribution < -0.4 is 16.1 Å². The summed E-state index contributed by atoms with van der Waals surface area (Å²) in [5.74, 6) is 0. The van der Waals surface area contributed by atoms with Gasteiger partial charge in [0.1, 0.15) is 0 Å². The molecule has 0 atom stereocenters. The van der Waals surface area contributed by atoms with E-state index in [-0.39, 0.29) is 23.7 Å². The second kappa shape index (κ2) is 9.69. The quantitative estimate of drug-likeness (QED) is 0.601. The molecule has 0 bridgehead atoms. The van der Waals surface area contributed by atoms with Crippen LogP contribution in [0.1, 0.15) is 6.42 Å². The molecule has 3 aromatic rings. The van der Waals surface area contributed by atoms with Gasteiger partial charge in [0.15, 0.2) is 0 Å². The first-order valence-electron chi connectivity index (χ1n) is 9.96. The lowest BCUT2D eigenvalue weighted by Crippen LogP contribution is -2.47. The highest BCUT2D eigenvalue weighted by molar-refractivity contribution is 6.31. The molecule has 2 heterocycles. The van der Waals surface area contributed by atoms with E-state index >= 15 is 0 Å². The van der Waals surface area contributed by atoms with Crippen LogP contribution in [-0.4, -0.2) is 46.8 Å². The first kappa shape index (κ1) is 22.4. The average molecular weight is 449 g/mol. The summed E-state index contributed by atoms with van der Waals surface area (Å²) in [5.41, 5.74) is 1.33. The van der Waals surface area contributed by atoms with E-state index in [1.165, 1.54) is 14.8 Å². The van der Waals surface area contributed by atoms with E-state index in [4.69, 9.17) is 11.6 Å². The van der Waals surface area contributed by atoms with Crippen molar-refractivity contribution in [2.24, 2.45) is 7.05 Å². The molecule has 30 heavy (non-hydrogen) atoms. The van der Waals surface area contributed by atoms with Crippen LogP contribution in [0.3, 0.4) is 0 Å². The molecule has 6 nitrogen and oxygen atoms in total. The Kier molecular flexibility index (Phi) is 7.23. The third kappa shape index (κ3) is 4.56. The number of benzene rings is 2. The lowest BCUT2D eigenvalue weighted by atomic mass is 10.2. The van der Waals surface area contributed by atoms with E-state index in [0.717, 1.165) is 39.1 Å². The summed E-state index contributed by atoms with van der Waals surface area (Å²) >= 11 is 6.05. The molecule has 0 N–H and O–H groups in total. The molecule has 0 saturated carbocycles. The highest BCUT2D eigenvalue weighted by atomic mass is 35.5. The van der Waals surface area contributed by atoms with E-state index in [9.17, 15) is 9.59 Å². The van der Waals surface area contributed by atoms with Gasteiger partial charge in [-0.2, -0.15) is 0 Å². The van der Waals surface area contributed by atoms with Crippen molar-refractivity contribution in [3.63, 3.8) is 0 Å². The number of halogens is 2. The summed E-state index contributed by atoms with van der Waals surface area (Å²) in [7, 11) is 1.69. The largest absolute Gasteiger partial charge is 0.369 e. The van der Waals surface area contributed by atoms with Crippen LogP contribution in [0.2, 0.25) is 5.02 Å². The number of hydrogen-bond acceptors (Lipinski definition) is 4. The molecule has 8 heteroatoms. The zero-order chi connectivity index (χ0) is 20.4. The number of rotatable bonds is 5. The summed E-state index contributed by atoms with van der Waals surface area (Å²) in [6.07, 6.45) is 0.757. The number of hydrogen-bond donors (Lipinski definition) is 0. The Morgan fingerprint density at radius 3 is 2.33 bits per heavy atom. The van der Waals surface area contributed by atoms with Gasteiger partial charge in [-0.3, -0.25) is 18.8 Å². The Morgan fingerprint density at radius 2 is 1.63 bits per heavy atom. The van der Waals surface area contributed by atoms with Gasteiger partial charge in [0.05, 0.1) is 10.9 Å². The van der Waals surface area contributed by atoms with Crippen molar-refractivity contribution in [2.45, 2.75) is 13.0 Å². The monoisotopic (exact) mass is 448 g/mol. The number of piperazine rings is 1. The molecule has 160 valence electrons. The first-order chi connectivity index (χ1) is 14.0. The van der Waals surface area contributed by atoms with Crippen LogP contribution in [-0.2, 0) is 13.6 Å². The van der Waals surface area contributed by atoms with Crippen LogP contribution >= 0.6 is 24.0 Å². The Balaban J connectivity index is 0.00000256. The first-order valence-corrected chi connectivity index (χ1v) is 10.3. The van der Waals surface area contributed by atoms with Crippen molar-refractivity contribution in [2.75, 3.05) is 37.6 Å². The van der Waals surface area contributed by atoms with Gasteiger partial charge < -0.3 is 4.90 Å². The van der Waals surface area contributed by atoms with Gasteiger partial charge in [0.2, 0.25) is 0 Å². The smallest absolute Gasteiger partial charge is 0.331 e. The summed E-state index contributed by atoms with van der Waals surface area (Å²) in [4.78, 5) is 30.2. The molecule has 1 aliphatic rings. The van der Waals surface area contributed by atoms with E-state index in [2.05, 4.69) is 34.1 Å². The minimum atomic E-state index is -0.279. The fourth-order valence-corrected chi connectivity index (χ4v) is 4.18. The van der Waals surface area contributed by atoms with Crippen molar-refractivity contribution in [1.82, 2.24) is 14.0 Å². The van der Waals surface area contributed by atoms with Crippen LogP contribution in [0, 0.1) is 0 Å². The molecule has 1 fully saturated rings. The topological polar surface area (TPSA) is 50.5 Å². The van der Waals surface area contributed by atoms with E-state index in [0.29, 0.717) is 22.5 Å². The molecule has 1 aliphatic heterocycles. The van der Waals surface area contributed by atoms with Gasteiger partial charge >= 0.3 is 5.69 Å². The predicted octanol–water partition coefficient (Wildman–Crippen LogP) is 2.99. The van der Waals surface area contributed by atoms with Crippen LogP contribution in [0.15, 0.2) is 58.1 Å². The maximum atomic E-state index is 12.8. The summed E-state index contributed by atoms with van der Waals surface area (Å²) in [5, 5.41) is 0.979. The van der Waals surface area contributed by atoms with Crippen molar-refractivity contribution in [1.29, 1.82) is 0 Å². The van der Waals surface area contributed by atoms with E-state index in [1.54, 1.807) is 25.2 Å². The SMILES string of the molecule is Cl.Cn1c(=O)n(CCCN2CCN(c3ccccc3)CC2)c(=O)c2cc(Cl)ccc21. The molecule has 0 amide bonds. The minimum Gasteiger partial charge on any atom is -0.369 e.